The number of halogens is 2. The first-order chi connectivity index (χ1) is 17.2. The number of sulfonamides is 1. The average molecular weight is 543 g/mol. The highest BCUT2D eigenvalue weighted by Gasteiger charge is 2.40. The summed E-state index contributed by atoms with van der Waals surface area (Å²) in [6.45, 7) is 1.42. The first-order valence-electron chi connectivity index (χ1n) is 10.8. The van der Waals surface area contributed by atoms with E-state index in [-0.39, 0.29) is 40.1 Å². The Morgan fingerprint density at radius 1 is 1.08 bits per heavy atom. The van der Waals surface area contributed by atoms with Gasteiger partial charge in [0.05, 0.1) is 25.2 Å². The lowest BCUT2D eigenvalue weighted by molar-refractivity contribution is 0.0950. The summed E-state index contributed by atoms with van der Waals surface area (Å²) in [4.78, 5) is 16.3. The zero-order valence-corrected chi connectivity index (χ0v) is 21.4. The monoisotopic (exact) mass is 542 g/mol. The van der Waals surface area contributed by atoms with Crippen molar-refractivity contribution in [2.24, 2.45) is 0 Å². The molecule has 0 spiro atoms. The number of alkyl halides is 1. The number of rotatable bonds is 10. The van der Waals surface area contributed by atoms with Gasteiger partial charge in [0, 0.05) is 19.5 Å². The second-order valence-corrected chi connectivity index (χ2v) is 10.4. The minimum atomic E-state index is -4.19. The molecule has 1 N–H and O–H groups in total. The van der Waals surface area contributed by atoms with Gasteiger partial charge in [-0.1, -0.05) is 11.6 Å². The minimum Gasteiger partial charge on any atom is -0.479 e. The second kappa shape index (κ2) is 10.4. The maximum absolute atomic E-state index is 14.4. The number of hydrogen-bond donors (Lipinski definition) is 1. The van der Waals surface area contributed by atoms with Crippen LogP contribution in [0.4, 0.5) is 10.3 Å². The zero-order valence-electron chi connectivity index (χ0n) is 19.8. The third-order valence-electron chi connectivity index (χ3n) is 5.87. The van der Waals surface area contributed by atoms with Gasteiger partial charge >= 0.3 is 0 Å². The maximum atomic E-state index is 14.4. The third-order valence-corrected chi connectivity index (χ3v) is 7.76. The Bertz CT molecular complexity index is 1300. The Labute approximate surface area is 211 Å². The van der Waals surface area contributed by atoms with Crippen molar-refractivity contribution in [2.75, 3.05) is 26.1 Å². The fourth-order valence-electron chi connectivity index (χ4n) is 3.77. The maximum Gasteiger partial charge on any atom is 0.245 e. The predicted octanol–water partition coefficient (Wildman–Crippen LogP) is 2.25. The van der Waals surface area contributed by atoms with Crippen molar-refractivity contribution in [3.63, 3.8) is 0 Å². The molecule has 0 bridgehead atoms. The molecule has 0 amide bonds. The Hall–Kier alpha value is -3.17. The van der Waals surface area contributed by atoms with Gasteiger partial charge in [0.1, 0.15) is 29.7 Å². The van der Waals surface area contributed by atoms with E-state index in [1.54, 1.807) is 0 Å². The molecule has 1 aliphatic carbocycles. The highest BCUT2D eigenvalue weighted by atomic mass is 35.5. The van der Waals surface area contributed by atoms with E-state index in [9.17, 15) is 12.8 Å². The Morgan fingerprint density at radius 2 is 1.72 bits per heavy atom. The number of hydrogen-bond acceptors (Lipinski definition) is 11. The SMILES string of the molecule is COc1ncnc(OC)c1-n1c(NS(=O)(=O)C(C)C(OC)c2ncc(Cl)cn2)nnc1[C@H]1CC[C@H]1F. The molecular weight excluding hydrogens is 519 g/mol. The Kier molecular flexibility index (Phi) is 7.51. The summed E-state index contributed by atoms with van der Waals surface area (Å²) < 4.78 is 61.1. The topological polar surface area (TPSA) is 156 Å². The molecule has 1 fully saturated rings. The van der Waals surface area contributed by atoms with Crippen LogP contribution in [0.25, 0.3) is 5.69 Å². The molecule has 1 saturated carbocycles. The third kappa shape index (κ3) is 4.77. The summed E-state index contributed by atoms with van der Waals surface area (Å²) in [6, 6.07) is 0. The molecule has 4 rings (SSSR count). The van der Waals surface area contributed by atoms with Gasteiger partial charge in [-0.15, -0.1) is 10.2 Å². The van der Waals surface area contributed by atoms with Crippen molar-refractivity contribution in [3.8, 4) is 17.4 Å². The summed E-state index contributed by atoms with van der Waals surface area (Å²) in [7, 11) is -0.111. The molecule has 2 unspecified atom stereocenters. The lowest BCUT2D eigenvalue weighted by atomic mass is 9.82. The van der Waals surface area contributed by atoms with Gasteiger partial charge in [0.25, 0.3) is 0 Å². The van der Waals surface area contributed by atoms with Crippen molar-refractivity contribution >= 4 is 27.6 Å². The van der Waals surface area contributed by atoms with E-state index in [1.807, 2.05) is 0 Å². The molecule has 4 atom stereocenters. The lowest BCUT2D eigenvalue weighted by Crippen LogP contribution is -2.34. The number of anilines is 1. The largest absolute Gasteiger partial charge is 0.479 e. The van der Waals surface area contributed by atoms with Crippen molar-refractivity contribution < 1.29 is 27.0 Å². The lowest BCUT2D eigenvalue weighted by Gasteiger charge is -2.30. The fourth-order valence-corrected chi connectivity index (χ4v) is 5.00. The standard InChI is InChI=1S/C20H24ClFN8O5S/c1-10(15(33-2)16-23-7-11(21)8-24-16)36(31,32)29-20-28-27-17(12-5-6-13(12)22)30(20)14-18(34-3)25-9-26-19(14)35-4/h7-10,12-13,15H,5-6H2,1-4H3,(H,28,29)/t10?,12-,13+,15?/m0/s1. The number of aromatic nitrogens is 7. The average Bonchev–Trinajstić information content (AvgIpc) is 3.24. The molecule has 3 aromatic heterocycles. The normalized spacial score (nSPS) is 19.3. The molecule has 3 heterocycles. The number of nitrogens with zero attached hydrogens (tertiary/aromatic N) is 7. The molecule has 36 heavy (non-hydrogen) atoms. The summed E-state index contributed by atoms with van der Waals surface area (Å²) in [5, 5.41) is 7.22. The Morgan fingerprint density at radius 3 is 2.22 bits per heavy atom. The van der Waals surface area contributed by atoms with E-state index in [0.717, 1.165) is 0 Å². The smallest absolute Gasteiger partial charge is 0.245 e. The summed E-state index contributed by atoms with van der Waals surface area (Å²) in [6.07, 6.45) is 2.54. The Balaban J connectivity index is 1.78. The number of nitrogens with one attached hydrogen (secondary N) is 1. The van der Waals surface area contributed by atoms with E-state index < -0.39 is 33.5 Å². The van der Waals surface area contributed by atoms with Crippen molar-refractivity contribution in [1.82, 2.24) is 34.7 Å². The van der Waals surface area contributed by atoms with Crippen LogP contribution in [0.1, 0.15) is 43.4 Å². The van der Waals surface area contributed by atoms with Gasteiger partial charge in [-0.2, -0.15) is 9.97 Å². The first kappa shape index (κ1) is 25.9. The minimum absolute atomic E-state index is 0.0514. The quantitative estimate of drug-likeness (QED) is 0.400. The van der Waals surface area contributed by atoms with Gasteiger partial charge in [-0.3, -0.25) is 9.29 Å². The molecular formula is C20H24ClFN8O5S. The van der Waals surface area contributed by atoms with Crippen molar-refractivity contribution in [1.29, 1.82) is 0 Å². The van der Waals surface area contributed by atoms with E-state index in [4.69, 9.17) is 25.8 Å². The first-order valence-corrected chi connectivity index (χ1v) is 12.7. The van der Waals surface area contributed by atoms with Crippen LogP contribution in [0.15, 0.2) is 18.7 Å². The summed E-state index contributed by atoms with van der Waals surface area (Å²) in [5.41, 5.74) is 0.122. The summed E-state index contributed by atoms with van der Waals surface area (Å²) in [5.74, 6) is -0.441. The van der Waals surface area contributed by atoms with Gasteiger partial charge in [0.15, 0.2) is 11.5 Å². The molecule has 194 valence electrons. The number of ether oxygens (including phenoxy) is 3. The second-order valence-electron chi connectivity index (χ2n) is 7.93. The molecule has 13 nitrogen and oxygen atoms in total. The van der Waals surface area contributed by atoms with Crippen LogP contribution in [0, 0.1) is 0 Å². The van der Waals surface area contributed by atoms with Crippen LogP contribution in [0.2, 0.25) is 5.02 Å². The summed E-state index contributed by atoms with van der Waals surface area (Å²) >= 11 is 5.84. The van der Waals surface area contributed by atoms with Gasteiger partial charge in [-0.05, 0) is 19.8 Å². The van der Waals surface area contributed by atoms with Crippen LogP contribution in [0.3, 0.4) is 0 Å². The van der Waals surface area contributed by atoms with Crippen LogP contribution in [0.5, 0.6) is 11.8 Å². The molecule has 0 radical (unpaired) electrons. The molecule has 16 heteroatoms. The highest BCUT2D eigenvalue weighted by Crippen LogP contribution is 2.42. The molecule has 0 aromatic carbocycles. The van der Waals surface area contributed by atoms with Crippen LogP contribution >= 0.6 is 11.6 Å². The van der Waals surface area contributed by atoms with Gasteiger partial charge in [0.2, 0.25) is 27.7 Å². The van der Waals surface area contributed by atoms with E-state index in [2.05, 4.69) is 34.9 Å². The van der Waals surface area contributed by atoms with Crippen molar-refractivity contribution in [3.05, 3.63) is 35.4 Å². The van der Waals surface area contributed by atoms with Crippen LogP contribution in [-0.4, -0.2) is 75.9 Å². The fraction of sp³-hybridized carbons (Fsp3) is 0.500. The van der Waals surface area contributed by atoms with Gasteiger partial charge < -0.3 is 14.2 Å². The van der Waals surface area contributed by atoms with Crippen LogP contribution in [-0.2, 0) is 14.8 Å². The highest BCUT2D eigenvalue weighted by molar-refractivity contribution is 7.93. The van der Waals surface area contributed by atoms with E-state index >= 15 is 0 Å². The predicted molar refractivity (Wildman–Crippen MR) is 126 cm³/mol. The molecule has 0 saturated heterocycles. The van der Waals surface area contributed by atoms with Gasteiger partial charge in [-0.25, -0.2) is 22.8 Å². The van der Waals surface area contributed by atoms with Crippen LogP contribution < -0.4 is 14.2 Å². The number of methoxy groups -OCH3 is 3. The van der Waals surface area contributed by atoms with E-state index in [0.29, 0.717) is 12.8 Å². The van der Waals surface area contributed by atoms with E-state index in [1.165, 1.54) is 51.5 Å². The molecule has 0 aliphatic heterocycles. The molecule has 3 aromatic rings. The van der Waals surface area contributed by atoms with Crippen molar-refractivity contribution in [2.45, 2.75) is 43.2 Å². The molecule has 1 aliphatic rings. The zero-order chi connectivity index (χ0) is 26.0.